The summed E-state index contributed by atoms with van der Waals surface area (Å²) in [6.45, 7) is -0.203. The van der Waals surface area contributed by atoms with Gasteiger partial charge in [-0.2, -0.15) is 0 Å². The average Bonchev–Trinajstić information content (AvgIpc) is 2.70. The van der Waals surface area contributed by atoms with Crippen LogP contribution >= 0.6 is 22.9 Å². The zero-order valence-corrected chi connectivity index (χ0v) is 10.0. The van der Waals surface area contributed by atoms with Crippen molar-refractivity contribution in [2.45, 2.75) is 6.54 Å². The van der Waals surface area contributed by atoms with Gasteiger partial charge in [-0.25, -0.2) is 4.68 Å². The second-order valence-corrected chi connectivity index (χ2v) is 4.98. The number of Topliss-reactive ketones (excluding diaryl/α,β-unsaturated/α-hetero) is 1. The van der Waals surface area contributed by atoms with E-state index in [1.807, 2.05) is 0 Å². The smallest absolute Gasteiger partial charge is 0.265 e. The quantitative estimate of drug-likeness (QED) is 0.850. The Hall–Kier alpha value is -1.66. The van der Waals surface area contributed by atoms with E-state index in [-0.39, 0.29) is 12.3 Å². The van der Waals surface area contributed by atoms with E-state index >= 15 is 0 Å². The highest BCUT2D eigenvalue weighted by molar-refractivity contribution is 7.18. The van der Waals surface area contributed by atoms with Gasteiger partial charge in [-0.3, -0.25) is 19.5 Å². The molecular weight excluding hydrogens is 264 g/mol. The first-order valence-corrected chi connectivity index (χ1v) is 5.84. The minimum atomic E-state index is -0.430. The zero-order chi connectivity index (χ0) is 12.4. The Labute approximate surface area is 104 Å². The number of hydrogen-bond donors (Lipinski definition) is 1. The molecule has 0 saturated carbocycles. The fraction of sp³-hybridized carbons (Fsp3) is 0.100. The van der Waals surface area contributed by atoms with E-state index in [2.05, 4.69) is 5.10 Å². The summed E-state index contributed by atoms with van der Waals surface area (Å²) in [5.41, 5.74) is -0.859. The minimum absolute atomic E-state index is 0.203. The van der Waals surface area contributed by atoms with Gasteiger partial charge in [0.1, 0.15) is 6.54 Å². The number of carbonyl (C=O) groups is 1. The van der Waals surface area contributed by atoms with Crippen molar-refractivity contribution in [3.8, 4) is 0 Å². The number of thiophene rings is 1. The molecule has 88 valence electrons. The molecule has 0 bridgehead atoms. The van der Waals surface area contributed by atoms with Crippen LogP contribution in [0.1, 0.15) is 9.67 Å². The molecule has 0 amide bonds. The molecule has 5 nitrogen and oxygen atoms in total. The van der Waals surface area contributed by atoms with E-state index in [1.54, 1.807) is 12.1 Å². The fourth-order valence-electron chi connectivity index (χ4n) is 1.27. The number of carbonyl (C=O) groups excluding carboxylic acids is 1. The van der Waals surface area contributed by atoms with E-state index < -0.39 is 11.1 Å². The number of hydrogen-bond acceptors (Lipinski definition) is 4. The van der Waals surface area contributed by atoms with Gasteiger partial charge in [-0.15, -0.1) is 11.3 Å². The van der Waals surface area contributed by atoms with E-state index in [4.69, 9.17) is 11.6 Å². The van der Waals surface area contributed by atoms with Gasteiger partial charge >= 0.3 is 0 Å². The van der Waals surface area contributed by atoms with Crippen molar-refractivity contribution in [1.82, 2.24) is 9.78 Å². The molecule has 0 spiro atoms. The standard InChI is InChI=1S/C10H7ClN2O3S/c11-8-2-1-7(17-8)6(14)5-13-10(16)4-3-9(15)12-13/h1-4H,5H2,(H,12,15). The van der Waals surface area contributed by atoms with Crippen LogP contribution in [-0.4, -0.2) is 15.6 Å². The third-order valence-corrected chi connectivity index (χ3v) is 3.31. The molecule has 2 aromatic heterocycles. The predicted octanol–water partition coefficient (Wildman–Crippen LogP) is 1.13. The van der Waals surface area contributed by atoms with Crippen LogP contribution in [0.25, 0.3) is 0 Å². The number of halogens is 1. The van der Waals surface area contributed by atoms with Crippen LogP contribution in [0.3, 0.4) is 0 Å². The lowest BCUT2D eigenvalue weighted by Gasteiger charge is -2.01. The van der Waals surface area contributed by atoms with Crippen LogP contribution in [-0.2, 0) is 6.54 Å². The van der Waals surface area contributed by atoms with Gasteiger partial charge in [0.05, 0.1) is 9.21 Å². The van der Waals surface area contributed by atoms with E-state index in [1.165, 1.54) is 0 Å². The molecule has 1 N–H and O–H groups in total. The van der Waals surface area contributed by atoms with Crippen molar-refractivity contribution in [3.63, 3.8) is 0 Å². The maximum absolute atomic E-state index is 11.8. The SMILES string of the molecule is O=C(Cn1[nH]c(=O)ccc1=O)c1ccc(Cl)s1. The number of H-pyrrole nitrogens is 1. The lowest BCUT2D eigenvalue weighted by atomic mass is 10.3. The maximum atomic E-state index is 11.8. The first kappa shape index (κ1) is 11.8. The summed E-state index contributed by atoms with van der Waals surface area (Å²) in [4.78, 5) is 34.6. The van der Waals surface area contributed by atoms with Gasteiger partial charge in [-0.1, -0.05) is 11.6 Å². The fourth-order valence-corrected chi connectivity index (χ4v) is 2.24. The van der Waals surface area contributed by atoms with Gasteiger partial charge in [0.25, 0.3) is 11.1 Å². The van der Waals surface area contributed by atoms with E-state index in [0.717, 1.165) is 28.2 Å². The summed E-state index contributed by atoms with van der Waals surface area (Å²) in [5.74, 6) is -0.272. The van der Waals surface area contributed by atoms with E-state index in [0.29, 0.717) is 9.21 Å². The number of rotatable bonds is 3. The first-order valence-electron chi connectivity index (χ1n) is 4.65. The Morgan fingerprint density at radius 3 is 2.71 bits per heavy atom. The molecule has 0 atom stereocenters. The Morgan fingerprint density at radius 1 is 1.29 bits per heavy atom. The molecule has 0 radical (unpaired) electrons. The van der Waals surface area contributed by atoms with Crippen molar-refractivity contribution < 1.29 is 4.79 Å². The van der Waals surface area contributed by atoms with Crippen LogP contribution in [0, 0.1) is 0 Å². The predicted molar refractivity (Wildman–Crippen MR) is 65.0 cm³/mol. The molecule has 2 rings (SSSR count). The molecule has 0 unspecified atom stereocenters. The Bertz CT molecular complexity index is 670. The molecule has 0 saturated heterocycles. The number of ketones is 1. The lowest BCUT2D eigenvalue weighted by molar-refractivity contribution is 0.0969. The number of nitrogens with one attached hydrogen (secondary N) is 1. The summed E-state index contributed by atoms with van der Waals surface area (Å²) in [7, 11) is 0. The summed E-state index contributed by atoms with van der Waals surface area (Å²) < 4.78 is 1.47. The van der Waals surface area contributed by atoms with Gasteiger partial charge in [-0.05, 0) is 12.1 Å². The van der Waals surface area contributed by atoms with Gasteiger partial charge < -0.3 is 0 Å². The highest BCUT2D eigenvalue weighted by Crippen LogP contribution is 2.21. The zero-order valence-electron chi connectivity index (χ0n) is 8.47. The Kier molecular flexibility index (Phi) is 3.26. The highest BCUT2D eigenvalue weighted by atomic mass is 35.5. The van der Waals surface area contributed by atoms with Crippen LogP contribution in [0.2, 0.25) is 4.34 Å². The van der Waals surface area contributed by atoms with Crippen LogP contribution < -0.4 is 11.1 Å². The minimum Gasteiger partial charge on any atom is -0.291 e. The average molecular weight is 271 g/mol. The van der Waals surface area contributed by atoms with Crippen molar-refractivity contribution in [1.29, 1.82) is 0 Å². The van der Waals surface area contributed by atoms with Crippen molar-refractivity contribution in [3.05, 3.63) is 54.2 Å². The second kappa shape index (κ2) is 4.68. The van der Waals surface area contributed by atoms with Gasteiger partial charge in [0.15, 0.2) is 5.78 Å². The summed E-state index contributed by atoms with van der Waals surface area (Å²) >= 11 is 6.84. The third kappa shape index (κ3) is 2.72. The summed E-state index contributed by atoms with van der Waals surface area (Å²) in [6.07, 6.45) is 0. The molecule has 2 aromatic rings. The topological polar surface area (TPSA) is 71.9 Å². The third-order valence-electron chi connectivity index (χ3n) is 2.04. The largest absolute Gasteiger partial charge is 0.291 e. The number of aromatic amines is 1. The molecule has 2 heterocycles. The number of aromatic nitrogens is 2. The van der Waals surface area contributed by atoms with Crippen LogP contribution in [0.4, 0.5) is 0 Å². The van der Waals surface area contributed by atoms with Gasteiger partial charge in [0.2, 0.25) is 0 Å². The van der Waals surface area contributed by atoms with Crippen LogP contribution in [0.15, 0.2) is 33.9 Å². The molecule has 0 aliphatic heterocycles. The molecule has 0 aromatic carbocycles. The molecule has 0 fully saturated rings. The molecular formula is C10H7ClN2O3S. The number of nitrogens with zero attached hydrogens (tertiary/aromatic N) is 1. The van der Waals surface area contributed by atoms with Crippen LogP contribution in [0.5, 0.6) is 0 Å². The molecule has 0 aliphatic rings. The normalized spacial score (nSPS) is 10.4. The van der Waals surface area contributed by atoms with Crippen molar-refractivity contribution >= 4 is 28.7 Å². The first-order chi connectivity index (χ1) is 8.06. The summed E-state index contributed by atoms with van der Waals surface area (Å²) in [5, 5.41) is 2.28. The Balaban J connectivity index is 2.27. The molecule has 17 heavy (non-hydrogen) atoms. The molecule has 7 heteroatoms. The second-order valence-electron chi connectivity index (χ2n) is 3.26. The lowest BCUT2D eigenvalue weighted by Crippen LogP contribution is -2.30. The van der Waals surface area contributed by atoms with E-state index in [9.17, 15) is 14.4 Å². The van der Waals surface area contributed by atoms with Gasteiger partial charge in [0, 0.05) is 12.1 Å². The maximum Gasteiger partial charge on any atom is 0.265 e. The Morgan fingerprint density at radius 2 is 2.06 bits per heavy atom. The highest BCUT2D eigenvalue weighted by Gasteiger charge is 2.10. The molecule has 0 aliphatic carbocycles. The van der Waals surface area contributed by atoms with Crippen molar-refractivity contribution in [2.75, 3.05) is 0 Å². The summed E-state index contributed by atoms with van der Waals surface area (Å²) in [6, 6.07) is 5.43. The monoisotopic (exact) mass is 270 g/mol. The van der Waals surface area contributed by atoms with Crippen molar-refractivity contribution in [2.24, 2.45) is 0 Å².